The summed E-state index contributed by atoms with van der Waals surface area (Å²) in [5, 5.41) is 7.91. The summed E-state index contributed by atoms with van der Waals surface area (Å²) in [4.78, 5) is 4.72. The van der Waals surface area contributed by atoms with E-state index in [0.717, 1.165) is 63.5 Å². The molecule has 0 radical (unpaired) electrons. The SMILES string of the molecule is CN(C)CCCOc1cccc(CN2CCc3[nH]nc(-c4ccccc4)c3CC2)c1. The van der Waals surface area contributed by atoms with E-state index in [0.29, 0.717) is 0 Å². The van der Waals surface area contributed by atoms with Crippen molar-refractivity contribution in [3.8, 4) is 17.0 Å². The minimum absolute atomic E-state index is 0.759. The molecule has 2 aromatic carbocycles. The molecule has 4 rings (SSSR count). The van der Waals surface area contributed by atoms with Crippen LogP contribution in [0.25, 0.3) is 11.3 Å². The Hall–Kier alpha value is -2.63. The van der Waals surface area contributed by atoms with Crippen molar-refractivity contribution in [2.24, 2.45) is 0 Å². The van der Waals surface area contributed by atoms with Crippen LogP contribution in [-0.2, 0) is 19.4 Å². The van der Waals surface area contributed by atoms with Crippen molar-refractivity contribution in [1.29, 1.82) is 0 Å². The number of nitrogens with zero attached hydrogens (tertiary/aromatic N) is 3. The molecule has 0 fully saturated rings. The second-order valence-corrected chi connectivity index (χ2v) is 8.32. The monoisotopic (exact) mass is 404 g/mol. The molecular weight excluding hydrogens is 372 g/mol. The zero-order chi connectivity index (χ0) is 20.8. The third kappa shape index (κ3) is 5.29. The highest BCUT2D eigenvalue weighted by Gasteiger charge is 2.20. The second kappa shape index (κ2) is 9.92. The lowest BCUT2D eigenvalue weighted by Gasteiger charge is -2.20. The number of fused-ring (bicyclic) bond motifs is 1. The van der Waals surface area contributed by atoms with Gasteiger partial charge in [0.15, 0.2) is 0 Å². The van der Waals surface area contributed by atoms with Gasteiger partial charge in [-0.1, -0.05) is 42.5 Å². The first-order chi connectivity index (χ1) is 14.7. The number of aromatic amines is 1. The number of hydrogen-bond acceptors (Lipinski definition) is 4. The first-order valence-electron chi connectivity index (χ1n) is 10.9. The Bertz CT molecular complexity index is 935. The van der Waals surface area contributed by atoms with E-state index in [4.69, 9.17) is 4.74 Å². The van der Waals surface area contributed by atoms with Gasteiger partial charge in [0.2, 0.25) is 0 Å². The number of rotatable bonds is 8. The molecule has 0 spiro atoms. The van der Waals surface area contributed by atoms with Crippen molar-refractivity contribution in [2.75, 3.05) is 40.3 Å². The molecule has 0 aliphatic carbocycles. The summed E-state index contributed by atoms with van der Waals surface area (Å²) in [6.45, 7) is 4.84. The van der Waals surface area contributed by atoms with Crippen molar-refractivity contribution < 1.29 is 4.74 Å². The van der Waals surface area contributed by atoms with Crippen molar-refractivity contribution in [3.63, 3.8) is 0 Å². The fourth-order valence-corrected chi connectivity index (χ4v) is 4.08. The molecule has 1 aromatic heterocycles. The Morgan fingerprint density at radius 2 is 1.87 bits per heavy atom. The average molecular weight is 405 g/mol. The number of ether oxygens (including phenoxy) is 1. The summed E-state index contributed by atoms with van der Waals surface area (Å²) in [7, 11) is 4.19. The van der Waals surface area contributed by atoms with Gasteiger partial charge < -0.3 is 9.64 Å². The van der Waals surface area contributed by atoms with Crippen LogP contribution in [-0.4, -0.2) is 60.3 Å². The van der Waals surface area contributed by atoms with Crippen LogP contribution in [0.1, 0.15) is 23.2 Å². The Morgan fingerprint density at radius 3 is 2.70 bits per heavy atom. The van der Waals surface area contributed by atoms with Gasteiger partial charge in [-0.2, -0.15) is 5.10 Å². The van der Waals surface area contributed by atoms with Gasteiger partial charge in [-0.3, -0.25) is 10.00 Å². The summed E-state index contributed by atoms with van der Waals surface area (Å²) < 4.78 is 5.96. The van der Waals surface area contributed by atoms with Crippen molar-refractivity contribution in [3.05, 3.63) is 71.4 Å². The van der Waals surface area contributed by atoms with Gasteiger partial charge in [-0.25, -0.2) is 0 Å². The van der Waals surface area contributed by atoms with Crippen molar-refractivity contribution in [2.45, 2.75) is 25.8 Å². The van der Waals surface area contributed by atoms with Crippen molar-refractivity contribution >= 4 is 0 Å². The van der Waals surface area contributed by atoms with E-state index in [1.165, 1.54) is 22.4 Å². The molecule has 1 aliphatic heterocycles. The predicted octanol–water partition coefficient (Wildman–Crippen LogP) is 4.01. The van der Waals surface area contributed by atoms with Gasteiger partial charge in [0, 0.05) is 49.4 Å². The highest BCUT2D eigenvalue weighted by Crippen LogP contribution is 2.27. The standard InChI is InChI=1S/C25H32N4O/c1-28(2)14-7-17-30-22-11-6-8-20(18-22)19-29-15-12-23-24(13-16-29)26-27-25(23)21-9-4-3-5-10-21/h3-6,8-11,18H,7,12-17,19H2,1-2H3,(H,26,27). The molecule has 5 nitrogen and oxygen atoms in total. The summed E-state index contributed by atoms with van der Waals surface area (Å²) in [5.41, 5.74) is 6.28. The van der Waals surface area contributed by atoms with Crippen LogP contribution in [0, 0.1) is 0 Å². The van der Waals surface area contributed by atoms with Crippen molar-refractivity contribution in [1.82, 2.24) is 20.0 Å². The Labute approximate surface area is 179 Å². The van der Waals surface area contributed by atoms with E-state index in [-0.39, 0.29) is 0 Å². The minimum atomic E-state index is 0.759. The lowest BCUT2D eigenvalue weighted by Crippen LogP contribution is -2.26. The van der Waals surface area contributed by atoms with Crippen LogP contribution >= 0.6 is 0 Å². The molecule has 0 saturated carbocycles. The average Bonchev–Trinajstić information content (AvgIpc) is 3.06. The van der Waals surface area contributed by atoms with Crippen LogP contribution < -0.4 is 4.74 Å². The maximum atomic E-state index is 5.96. The Morgan fingerprint density at radius 1 is 1.03 bits per heavy atom. The smallest absolute Gasteiger partial charge is 0.119 e. The number of H-pyrrole nitrogens is 1. The maximum absolute atomic E-state index is 5.96. The van der Waals surface area contributed by atoms with Gasteiger partial charge >= 0.3 is 0 Å². The summed E-state index contributed by atoms with van der Waals surface area (Å²) in [5.74, 6) is 0.974. The fraction of sp³-hybridized carbons (Fsp3) is 0.400. The third-order valence-corrected chi connectivity index (χ3v) is 5.68. The predicted molar refractivity (Wildman–Crippen MR) is 122 cm³/mol. The third-order valence-electron chi connectivity index (χ3n) is 5.68. The molecule has 0 unspecified atom stereocenters. The van der Waals surface area contributed by atoms with Gasteiger partial charge in [0.25, 0.3) is 0 Å². The van der Waals surface area contributed by atoms with E-state index < -0.39 is 0 Å². The first kappa shape index (κ1) is 20.6. The number of aromatic nitrogens is 2. The van der Waals surface area contributed by atoms with Crippen LogP contribution in [0.3, 0.4) is 0 Å². The van der Waals surface area contributed by atoms with Gasteiger partial charge in [-0.05, 0) is 44.6 Å². The van der Waals surface area contributed by atoms with Gasteiger partial charge in [-0.15, -0.1) is 0 Å². The lowest BCUT2D eigenvalue weighted by molar-refractivity contribution is 0.273. The van der Waals surface area contributed by atoms with Gasteiger partial charge in [0.1, 0.15) is 5.75 Å². The lowest BCUT2D eigenvalue weighted by atomic mass is 10.0. The molecular formula is C25H32N4O. The number of benzene rings is 2. The molecule has 1 N–H and O–H groups in total. The molecule has 158 valence electrons. The zero-order valence-corrected chi connectivity index (χ0v) is 18.1. The molecule has 0 saturated heterocycles. The zero-order valence-electron chi connectivity index (χ0n) is 18.1. The Kier molecular flexibility index (Phi) is 6.82. The molecule has 0 amide bonds. The van der Waals surface area contributed by atoms with E-state index >= 15 is 0 Å². The van der Waals surface area contributed by atoms with E-state index in [2.05, 4.69) is 88.7 Å². The molecule has 5 heteroatoms. The fourth-order valence-electron chi connectivity index (χ4n) is 4.08. The number of nitrogens with one attached hydrogen (secondary N) is 1. The molecule has 0 atom stereocenters. The highest BCUT2D eigenvalue weighted by molar-refractivity contribution is 5.64. The summed E-state index contributed by atoms with van der Waals surface area (Å²) >= 11 is 0. The van der Waals surface area contributed by atoms with Gasteiger partial charge in [0.05, 0.1) is 12.3 Å². The normalized spacial score (nSPS) is 14.5. The summed E-state index contributed by atoms with van der Waals surface area (Å²) in [6, 6.07) is 19.1. The number of hydrogen-bond donors (Lipinski definition) is 1. The quantitative estimate of drug-likeness (QED) is 0.576. The van der Waals surface area contributed by atoms with E-state index in [1.807, 2.05) is 0 Å². The maximum Gasteiger partial charge on any atom is 0.119 e. The molecule has 1 aliphatic rings. The largest absolute Gasteiger partial charge is 0.494 e. The second-order valence-electron chi connectivity index (χ2n) is 8.32. The molecule has 2 heterocycles. The van der Waals surface area contributed by atoms with E-state index in [1.54, 1.807) is 0 Å². The molecule has 30 heavy (non-hydrogen) atoms. The Balaban J connectivity index is 1.35. The first-order valence-corrected chi connectivity index (χ1v) is 10.9. The van der Waals surface area contributed by atoms with Crippen LogP contribution in [0.2, 0.25) is 0 Å². The highest BCUT2D eigenvalue weighted by atomic mass is 16.5. The van der Waals surface area contributed by atoms with Crippen LogP contribution in [0.5, 0.6) is 5.75 Å². The van der Waals surface area contributed by atoms with E-state index in [9.17, 15) is 0 Å². The van der Waals surface area contributed by atoms with Crippen LogP contribution in [0.15, 0.2) is 54.6 Å². The summed E-state index contributed by atoms with van der Waals surface area (Å²) in [6.07, 6.45) is 3.07. The molecule has 3 aromatic rings. The topological polar surface area (TPSA) is 44.4 Å². The van der Waals surface area contributed by atoms with Crippen LogP contribution in [0.4, 0.5) is 0 Å². The minimum Gasteiger partial charge on any atom is -0.494 e. The molecule has 0 bridgehead atoms.